The van der Waals surface area contributed by atoms with Crippen molar-refractivity contribution in [2.24, 2.45) is 0 Å². The van der Waals surface area contributed by atoms with E-state index in [1.54, 1.807) is 6.92 Å². The summed E-state index contributed by atoms with van der Waals surface area (Å²) < 4.78 is 13.3. The fourth-order valence-electron chi connectivity index (χ4n) is 0.751. The molecule has 1 nitrogen and oxygen atoms in total. The van der Waals surface area contributed by atoms with Gasteiger partial charge in [0.1, 0.15) is 5.82 Å². The molecule has 0 spiro atoms. The summed E-state index contributed by atoms with van der Waals surface area (Å²) in [6, 6.07) is 2.72. The zero-order valence-corrected chi connectivity index (χ0v) is 7.07. The molecular formula is C7H7BrFN. The van der Waals surface area contributed by atoms with Crippen molar-refractivity contribution < 1.29 is 4.39 Å². The molecule has 1 aromatic rings. The van der Waals surface area contributed by atoms with Gasteiger partial charge in [0.05, 0.1) is 0 Å². The van der Waals surface area contributed by atoms with Crippen LogP contribution in [0, 0.1) is 12.7 Å². The maximum atomic E-state index is 12.5. The van der Waals surface area contributed by atoms with Crippen molar-refractivity contribution in [2.75, 3.05) is 5.73 Å². The Balaban J connectivity index is 3.31. The highest BCUT2D eigenvalue weighted by molar-refractivity contribution is 9.10. The highest BCUT2D eigenvalue weighted by atomic mass is 79.9. The standard InChI is InChI=1S/C7H7BrFN/c1-4-2-5(9)3-6(10)7(4)8/h2-3H,10H2,1H3. The number of halogens is 2. The number of nitrogen functional groups attached to an aromatic ring is 1. The van der Waals surface area contributed by atoms with Gasteiger partial charge in [-0.05, 0) is 40.5 Å². The van der Waals surface area contributed by atoms with E-state index in [9.17, 15) is 4.39 Å². The Morgan fingerprint density at radius 1 is 1.50 bits per heavy atom. The molecule has 0 saturated carbocycles. The number of aryl methyl sites for hydroxylation is 1. The van der Waals surface area contributed by atoms with Gasteiger partial charge in [0.15, 0.2) is 0 Å². The lowest BCUT2D eigenvalue weighted by molar-refractivity contribution is 0.627. The highest BCUT2D eigenvalue weighted by Gasteiger charge is 2.00. The van der Waals surface area contributed by atoms with Gasteiger partial charge in [-0.1, -0.05) is 0 Å². The summed E-state index contributed by atoms with van der Waals surface area (Å²) in [6.45, 7) is 1.80. The first-order valence-electron chi connectivity index (χ1n) is 2.82. The summed E-state index contributed by atoms with van der Waals surface area (Å²) in [5.74, 6) is -0.293. The first-order valence-corrected chi connectivity index (χ1v) is 3.61. The summed E-state index contributed by atoms with van der Waals surface area (Å²) in [5.41, 5.74) is 6.69. The van der Waals surface area contributed by atoms with Crippen molar-refractivity contribution in [1.82, 2.24) is 0 Å². The van der Waals surface area contributed by atoms with Crippen LogP contribution in [0.5, 0.6) is 0 Å². The summed E-state index contributed by atoms with van der Waals surface area (Å²) >= 11 is 3.22. The van der Waals surface area contributed by atoms with Gasteiger partial charge in [-0.15, -0.1) is 0 Å². The van der Waals surface area contributed by atoms with Crippen LogP contribution in [-0.4, -0.2) is 0 Å². The van der Waals surface area contributed by atoms with Crippen LogP contribution in [-0.2, 0) is 0 Å². The number of anilines is 1. The lowest BCUT2D eigenvalue weighted by atomic mass is 10.2. The molecule has 0 atom stereocenters. The van der Waals surface area contributed by atoms with Crippen LogP contribution in [0.25, 0.3) is 0 Å². The second-order valence-corrected chi connectivity index (χ2v) is 2.92. The van der Waals surface area contributed by atoms with Crippen molar-refractivity contribution in [2.45, 2.75) is 6.92 Å². The van der Waals surface area contributed by atoms with Crippen LogP contribution in [0.15, 0.2) is 16.6 Å². The maximum absolute atomic E-state index is 12.5. The molecule has 0 aromatic heterocycles. The smallest absolute Gasteiger partial charge is 0.125 e. The molecule has 0 aliphatic heterocycles. The Kier molecular flexibility index (Phi) is 1.94. The van der Waals surface area contributed by atoms with Crippen molar-refractivity contribution in [3.8, 4) is 0 Å². The molecule has 0 aliphatic rings. The molecule has 1 aromatic carbocycles. The van der Waals surface area contributed by atoms with Crippen LogP contribution in [0.3, 0.4) is 0 Å². The number of hydrogen-bond donors (Lipinski definition) is 1. The Bertz CT molecular complexity index is 237. The molecule has 3 heteroatoms. The van der Waals surface area contributed by atoms with E-state index in [4.69, 9.17) is 5.73 Å². The number of benzene rings is 1. The highest BCUT2D eigenvalue weighted by Crippen LogP contribution is 2.24. The molecule has 0 fully saturated rings. The van der Waals surface area contributed by atoms with Gasteiger partial charge < -0.3 is 5.73 Å². The van der Waals surface area contributed by atoms with Gasteiger partial charge in [0.25, 0.3) is 0 Å². The maximum Gasteiger partial charge on any atom is 0.125 e. The van der Waals surface area contributed by atoms with Crippen LogP contribution in [0.1, 0.15) is 5.56 Å². The van der Waals surface area contributed by atoms with Gasteiger partial charge in [0.2, 0.25) is 0 Å². The van der Waals surface area contributed by atoms with Gasteiger partial charge >= 0.3 is 0 Å². The second kappa shape index (κ2) is 2.58. The minimum atomic E-state index is -0.293. The minimum Gasteiger partial charge on any atom is -0.398 e. The zero-order chi connectivity index (χ0) is 7.72. The third-order valence-corrected chi connectivity index (χ3v) is 2.33. The summed E-state index contributed by atoms with van der Waals surface area (Å²) in [4.78, 5) is 0. The van der Waals surface area contributed by atoms with Crippen LogP contribution in [0.2, 0.25) is 0 Å². The first kappa shape index (κ1) is 7.54. The van der Waals surface area contributed by atoms with Crippen LogP contribution in [0.4, 0.5) is 10.1 Å². The lowest BCUT2D eigenvalue weighted by Gasteiger charge is -2.00. The monoisotopic (exact) mass is 203 g/mol. The zero-order valence-electron chi connectivity index (χ0n) is 5.49. The third-order valence-electron chi connectivity index (χ3n) is 1.25. The number of hydrogen-bond acceptors (Lipinski definition) is 1. The minimum absolute atomic E-state index is 0.293. The molecule has 0 radical (unpaired) electrons. The molecule has 0 bridgehead atoms. The molecule has 0 aliphatic carbocycles. The fourth-order valence-corrected chi connectivity index (χ4v) is 0.980. The van der Waals surface area contributed by atoms with Crippen LogP contribution >= 0.6 is 15.9 Å². The van der Waals surface area contributed by atoms with Gasteiger partial charge in [-0.25, -0.2) is 4.39 Å². The van der Waals surface area contributed by atoms with Crippen LogP contribution < -0.4 is 5.73 Å². The van der Waals surface area contributed by atoms with E-state index >= 15 is 0 Å². The molecule has 1 rings (SSSR count). The largest absolute Gasteiger partial charge is 0.398 e. The van der Waals surface area contributed by atoms with E-state index in [-0.39, 0.29) is 5.82 Å². The van der Waals surface area contributed by atoms with Gasteiger partial charge in [-0.2, -0.15) is 0 Å². The van der Waals surface area contributed by atoms with Crippen molar-refractivity contribution in [1.29, 1.82) is 0 Å². The SMILES string of the molecule is Cc1cc(F)cc(N)c1Br. The van der Waals surface area contributed by atoms with Gasteiger partial charge in [0, 0.05) is 10.2 Å². The van der Waals surface area contributed by atoms with Gasteiger partial charge in [-0.3, -0.25) is 0 Å². The first-order chi connectivity index (χ1) is 4.61. The van der Waals surface area contributed by atoms with E-state index in [2.05, 4.69) is 15.9 Å². The quantitative estimate of drug-likeness (QED) is 0.645. The fraction of sp³-hybridized carbons (Fsp3) is 0.143. The van der Waals surface area contributed by atoms with E-state index in [0.29, 0.717) is 5.69 Å². The Labute approximate surface area is 67.2 Å². The third kappa shape index (κ3) is 1.29. The average Bonchev–Trinajstić information content (AvgIpc) is 1.82. The molecule has 0 saturated heterocycles. The van der Waals surface area contributed by atoms with E-state index < -0.39 is 0 Å². The lowest BCUT2D eigenvalue weighted by Crippen LogP contribution is -1.90. The van der Waals surface area contributed by atoms with E-state index in [1.165, 1.54) is 12.1 Å². The molecule has 0 heterocycles. The van der Waals surface area contributed by atoms with Crippen molar-refractivity contribution in [3.05, 3.63) is 28.0 Å². The Morgan fingerprint density at radius 2 is 2.10 bits per heavy atom. The number of nitrogens with two attached hydrogens (primary N) is 1. The molecule has 2 N–H and O–H groups in total. The second-order valence-electron chi connectivity index (χ2n) is 2.13. The Hall–Kier alpha value is -0.570. The molecule has 10 heavy (non-hydrogen) atoms. The van der Waals surface area contributed by atoms with Crippen molar-refractivity contribution in [3.63, 3.8) is 0 Å². The van der Waals surface area contributed by atoms with Crippen molar-refractivity contribution >= 4 is 21.6 Å². The molecule has 54 valence electrons. The molecule has 0 amide bonds. The van der Waals surface area contributed by atoms with E-state index in [0.717, 1.165) is 10.0 Å². The average molecular weight is 204 g/mol. The molecular weight excluding hydrogens is 197 g/mol. The predicted octanol–water partition coefficient (Wildman–Crippen LogP) is 2.48. The van der Waals surface area contributed by atoms with E-state index in [1.807, 2.05) is 0 Å². The summed E-state index contributed by atoms with van der Waals surface area (Å²) in [5, 5.41) is 0. The number of rotatable bonds is 0. The normalized spacial score (nSPS) is 9.90. The summed E-state index contributed by atoms with van der Waals surface area (Å²) in [7, 11) is 0. The Morgan fingerprint density at radius 3 is 2.60 bits per heavy atom. The topological polar surface area (TPSA) is 26.0 Å². The predicted molar refractivity (Wildman–Crippen MR) is 43.2 cm³/mol. The molecule has 0 unspecified atom stereocenters. The summed E-state index contributed by atoms with van der Waals surface area (Å²) in [6.07, 6.45) is 0.